The van der Waals surface area contributed by atoms with E-state index in [0.717, 1.165) is 5.56 Å². The monoisotopic (exact) mass is 379 g/mol. The van der Waals surface area contributed by atoms with E-state index < -0.39 is 6.04 Å². The summed E-state index contributed by atoms with van der Waals surface area (Å²) in [5.74, 6) is -0.880. The van der Waals surface area contributed by atoms with Gasteiger partial charge in [-0.1, -0.05) is 12.1 Å². The second kappa shape index (κ2) is 8.72. The van der Waals surface area contributed by atoms with Crippen LogP contribution in [0.25, 0.3) is 6.08 Å². The van der Waals surface area contributed by atoms with Crippen LogP contribution in [0.4, 0.5) is 15.8 Å². The number of hydrogen-bond acceptors (Lipinski definition) is 4. The lowest BCUT2D eigenvalue weighted by Crippen LogP contribution is -2.24. The molecule has 3 aromatic rings. The quantitative estimate of drug-likeness (QED) is 0.644. The molecule has 0 aliphatic heterocycles. The molecule has 0 aliphatic carbocycles. The van der Waals surface area contributed by atoms with Gasteiger partial charge in [0.15, 0.2) is 0 Å². The molecule has 1 unspecified atom stereocenters. The standard InChI is InChI=1S/C20H18FN5O2/c1-14(26-13-22-12-23-26)20(28)25-18-9-7-17(8-10-18)24-19(27)11-4-15-2-5-16(21)6-3-15/h2-14H,1H3,(H,24,27)(H,25,28)/b11-4+. The molecule has 0 radical (unpaired) electrons. The van der Waals surface area contributed by atoms with Crippen molar-refractivity contribution in [3.8, 4) is 0 Å². The third kappa shape index (κ3) is 5.10. The number of hydrogen-bond donors (Lipinski definition) is 2. The number of nitrogens with zero attached hydrogens (tertiary/aromatic N) is 3. The molecule has 0 bridgehead atoms. The fourth-order valence-electron chi connectivity index (χ4n) is 2.35. The highest BCUT2D eigenvalue weighted by atomic mass is 19.1. The van der Waals surface area contributed by atoms with Gasteiger partial charge in [-0.3, -0.25) is 9.59 Å². The second-order valence-corrected chi connectivity index (χ2v) is 5.99. The third-order valence-corrected chi connectivity index (χ3v) is 3.93. The van der Waals surface area contributed by atoms with Gasteiger partial charge < -0.3 is 10.6 Å². The maximum atomic E-state index is 12.9. The summed E-state index contributed by atoms with van der Waals surface area (Å²) in [5, 5.41) is 9.43. The molecule has 2 N–H and O–H groups in total. The SMILES string of the molecule is CC(C(=O)Nc1ccc(NC(=O)/C=C/c2ccc(F)cc2)cc1)n1cncn1. The van der Waals surface area contributed by atoms with Crippen molar-refractivity contribution in [2.24, 2.45) is 0 Å². The summed E-state index contributed by atoms with van der Waals surface area (Å²) >= 11 is 0. The van der Waals surface area contributed by atoms with Crippen molar-refractivity contribution in [2.45, 2.75) is 13.0 Å². The van der Waals surface area contributed by atoms with E-state index in [1.807, 2.05) is 0 Å². The molecule has 0 saturated heterocycles. The van der Waals surface area contributed by atoms with Gasteiger partial charge >= 0.3 is 0 Å². The highest BCUT2D eigenvalue weighted by Gasteiger charge is 2.15. The number of halogens is 1. The van der Waals surface area contributed by atoms with E-state index in [-0.39, 0.29) is 17.6 Å². The molecule has 1 atom stereocenters. The Hall–Kier alpha value is -3.81. The minimum Gasteiger partial charge on any atom is -0.324 e. The first-order chi connectivity index (χ1) is 13.5. The summed E-state index contributed by atoms with van der Waals surface area (Å²) < 4.78 is 14.3. The van der Waals surface area contributed by atoms with E-state index in [4.69, 9.17) is 0 Å². The summed E-state index contributed by atoms with van der Waals surface area (Å²) in [6.07, 6.45) is 5.80. The fourth-order valence-corrected chi connectivity index (χ4v) is 2.35. The zero-order chi connectivity index (χ0) is 19.9. The maximum Gasteiger partial charge on any atom is 0.249 e. The number of anilines is 2. The van der Waals surface area contributed by atoms with Crippen LogP contribution in [0.3, 0.4) is 0 Å². The zero-order valence-corrected chi connectivity index (χ0v) is 15.0. The molecule has 8 heteroatoms. The molecule has 0 spiro atoms. The van der Waals surface area contributed by atoms with Crippen molar-refractivity contribution < 1.29 is 14.0 Å². The van der Waals surface area contributed by atoms with Gasteiger partial charge in [-0.05, 0) is 55.0 Å². The summed E-state index contributed by atoms with van der Waals surface area (Å²) in [7, 11) is 0. The van der Waals surface area contributed by atoms with Gasteiger partial charge in [0.1, 0.15) is 24.5 Å². The Labute approximate surface area is 160 Å². The molecule has 3 rings (SSSR count). The topological polar surface area (TPSA) is 88.9 Å². The van der Waals surface area contributed by atoms with Crippen molar-refractivity contribution >= 4 is 29.3 Å². The molecule has 1 aromatic heterocycles. The predicted molar refractivity (Wildman–Crippen MR) is 104 cm³/mol. The van der Waals surface area contributed by atoms with Crippen LogP contribution in [0.5, 0.6) is 0 Å². The summed E-state index contributed by atoms with van der Waals surface area (Å²) in [5.41, 5.74) is 1.89. The Morgan fingerprint density at radius 3 is 2.29 bits per heavy atom. The van der Waals surface area contributed by atoms with Crippen molar-refractivity contribution in [3.05, 3.63) is 78.6 Å². The average Bonchev–Trinajstić information content (AvgIpc) is 3.23. The van der Waals surface area contributed by atoms with Crippen LogP contribution in [-0.4, -0.2) is 26.6 Å². The van der Waals surface area contributed by atoms with Gasteiger partial charge in [-0.15, -0.1) is 0 Å². The Bertz CT molecular complexity index is 967. The van der Waals surface area contributed by atoms with Crippen molar-refractivity contribution in [1.82, 2.24) is 14.8 Å². The molecule has 0 aliphatic rings. The van der Waals surface area contributed by atoms with Gasteiger partial charge in [-0.25, -0.2) is 14.1 Å². The molecule has 7 nitrogen and oxygen atoms in total. The molecule has 142 valence electrons. The zero-order valence-electron chi connectivity index (χ0n) is 15.0. The Kier molecular flexibility index (Phi) is 5.91. The molecular formula is C20H18FN5O2. The fraction of sp³-hybridized carbons (Fsp3) is 0.100. The van der Waals surface area contributed by atoms with Gasteiger partial charge in [0, 0.05) is 17.5 Å². The van der Waals surface area contributed by atoms with Crippen LogP contribution < -0.4 is 10.6 Å². The Balaban J connectivity index is 1.54. The smallest absolute Gasteiger partial charge is 0.249 e. The van der Waals surface area contributed by atoms with E-state index in [9.17, 15) is 14.0 Å². The van der Waals surface area contributed by atoms with Crippen molar-refractivity contribution in [3.63, 3.8) is 0 Å². The highest BCUT2D eigenvalue weighted by molar-refractivity contribution is 6.02. The van der Waals surface area contributed by atoms with Crippen molar-refractivity contribution in [1.29, 1.82) is 0 Å². The Morgan fingerprint density at radius 1 is 1.04 bits per heavy atom. The number of aromatic nitrogens is 3. The van der Waals surface area contributed by atoms with E-state index in [0.29, 0.717) is 11.4 Å². The van der Waals surface area contributed by atoms with Crippen LogP contribution in [0.15, 0.2) is 67.3 Å². The number of rotatable bonds is 6. The first kappa shape index (κ1) is 19.0. The molecule has 28 heavy (non-hydrogen) atoms. The lowest BCUT2D eigenvalue weighted by atomic mass is 10.2. The molecular weight excluding hydrogens is 361 g/mol. The molecule has 0 saturated carbocycles. The highest BCUT2D eigenvalue weighted by Crippen LogP contribution is 2.15. The second-order valence-electron chi connectivity index (χ2n) is 5.99. The minimum atomic E-state index is -0.501. The number of amides is 2. The predicted octanol–water partition coefficient (Wildman–Crippen LogP) is 3.27. The average molecular weight is 379 g/mol. The first-order valence-corrected chi connectivity index (χ1v) is 8.51. The third-order valence-electron chi connectivity index (χ3n) is 3.93. The van der Waals surface area contributed by atoms with Crippen LogP contribution in [0, 0.1) is 5.82 Å². The molecule has 1 heterocycles. The normalized spacial score (nSPS) is 11.9. The first-order valence-electron chi connectivity index (χ1n) is 8.51. The van der Waals surface area contributed by atoms with Gasteiger partial charge in [0.25, 0.3) is 0 Å². The summed E-state index contributed by atoms with van der Waals surface area (Å²) in [6, 6.07) is 12.0. The largest absolute Gasteiger partial charge is 0.324 e. The number of nitrogens with one attached hydrogen (secondary N) is 2. The van der Waals surface area contributed by atoms with E-state index in [1.165, 1.54) is 35.5 Å². The maximum absolute atomic E-state index is 12.9. The number of benzene rings is 2. The van der Waals surface area contributed by atoms with Crippen LogP contribution in [0.2, 0.25) is 0 Å². The summed E-state index contributed by atoms with van der Waals surface area (Å²) in [6.45, 7) is 1.71. The van der Waals surface area contributed by atoms with Gasteiger partial charge in [-0.2, -0.15) is 5.10 Å². The van der Waals surface area contributed by atoms with Crippen molar-refractivity contribution in [2.75, 3.05) is 10.6 Å². The number of carbonyl (C=O) groups is 2. The van der Waals surface area contributed by atoms with E-state index in [2.05, 4.69) is 20.7 Å². The lowest BCUT2D eigenvalue weighted by Gasteiger charge is -2.12. The molecule has 0 fully saturated rings. The van der Waals surface area contributed by atoms with Crippen LogP contribution >= 0.6 is 0 Å². The van der Waals surface area contributed by atoms with Gasteiger partial charge in [0.2, 0.25) is 11.8 Å². The summed E-state index contributed by atoms with van der Waals surface area (Å²) in [4.78, 5) is 28.0. The Morgan fingerprint density at radius 2 is 1.68 bits per heavy atom. The van der Waals surface area contributed by atoms with Gasteiger partial charge in [0.05, 0.1) is 0 Å². The van der Waals surface area contributed by atoms with E-state index in [1.54, 1.807) is 49.4 Å². The van der Waals surface area contributed by atoms with Crippen LogP contribution in [-0.2, 0) is 9.59 Å². The molecule has 2 aromatic carbocycles. The van der Waals surface area contributed by atoms with Crippen LogP contribution in [0.1, 0.15) is 18.5 Å². The van der Waals surface area contributed by atoms with E-state index >= 15 is 0 Å². The number of carbonyl (C=O) groups excluding carboxylic acids is 2. The minimum absolute atomic E-state index is 0.232. The lowest BCUT2D eigenvalue weighted by molar-refractivity contribution is -0.119. The molecule has 2 amide bonds.